The van der Waals surface area contributed by atoms with Gasteiger partial charge in [-0.1, -0.05) is 43.7 Å². The molecule has 3 rings (SSSR count). The van der Waals surface area contributed by atoms with Gasteiger partial charge in [-0.2, -0.15) is 0 Å². The number of rotatable bonds is 6. The van der Waals surface area contributed by atoms with Gasteiger partial charge in [0.1, 0.15) is 0 Å². The standard InChI is InChI=1S/C20H23N3O3/c1-3-4-13-23-17-16(11-8-12-21-17)26-20(2,19(23)25)18(24)22-14-15-9-6-5-7-10-15/h5-12H,3-4,13-14H2,1-2H3,(H,22,24)/t20-/m0/s1. The van der Waals surface area contributed by atoms with E-state index in [1.807, 2.05) is 30.3 Å². The first-order chi connectivity index (χ1) is 12.6. The lowest BCUT2D eigenvalue weighted by atomic mass is 10.0. The Hall–Kier alpha value is -2.89. The van der Waals surface area contributed by atoms with Crippen molar-refractivity contribution in [1.29, 1.82) is 0 Å². The van der Waals surface area contributed by atoms with Gasteiger partial charge < -0.3 is 10.1 Å². The summed E-state index contributed by atoms with van der Waals surface area (Å²) in [6.07, 6.45) is 3.37. The lowest BCUT2D eigenvalue weighted by Gasteiger charge is -2.38. The zero-order valence-electron chi connectivity index (χ0n) is 15.1. The molecule has 6 nitrogen and oxygen atoms in total. The number of nitrogens with zero attached hydrogens (tertiary/aromatic N) is 2. The Bertz CT molecular complexity index is 794. The maximum atomic E-state index is 13.1. The third-order valence-corrected chi connectivity index (χ3v) is 4.44. The largest absolute Gasteiger partial charge is 0.464 e. The van der Waals surface area contributed by atoms with Gasteiger partial charge in [-0.3, -0.25) is 14.5 Å². The number of aromatic nitrogens is 1. The molecule has 0 saturated carbocycles. The van der Waals surface area contributed by atoms with Crippen LogP contribution >= 0.6 is 0 Å². The SMILES string of the molecule is CCCCN1C(=O)[C@](C)(C(=O)NCc2ccccc2)Oc2cccnc21. The summed E-state index contributed by atoms with van der Waals surface area (Å²) >= 11 is 0. The van der Waals surface area contributed by atoms with E-state index in [4.69, 9.17) is 4.74 Å². The van der Waals surface area contributed by atoms with Gasteiger partial charge in [0.15, 0.2) is 11.6 Å². The molecule has 6 heteroatoms. The molecule has 1 N–H and O–H groups in total. The minimum Gasteiger partial charge on any atom is -0.464 e. The number of fused-ring (bicyclic) bond motifs is 1. The van der Waals surface area contributed by atoms with E-state index in [2.05, 4.69) is 17.2 Å². The van der Waals surface area contributed by atoms with Crippen LogP contribution in [0.25, 0.3) is 0 Å². The van der Waals surface area contributed by atoms with Gasteiger partial charge in [0, 0.05) is 19.3 Å². The number of hydrogen-bond acceptors (Lipinski definition) is 4. The van der Waals surface area contributed by atoms with Crippen molar-refractivity contribution in [3.63, 3.8) is 0 Å². The third kappa shape index (κ3) is 3.40. The number of nitrogens with one attached hydrogen (secondary N) is 1. The van der Waals surface area contributed by atoms with Crippen LogP contribution in [0, 0.1) is 0 Å². The maximum Gasteiger partial charge on any atom is 0.282 e. The van der Waals surface area contributed by atoms with E-state index in [1.165, 1.54) is 6.92 Å². The highest BCUT2D eigenvalue weighted by molar-refractivity contribution is 6.16. The van der Waals surface area contributed by atoms with Crippen molar-refractivity contribution in [2.45, 2.75) is 38.8 Å². The Morgan fingerprint density at radius 2 is 2.00 bits per heavy atom. The Morgan fingerprint density at radius 3 is 2.73 bits per heavy atom. The van der Waals surface area contributed by atoms with Crippen molar-refractivity contribution in [2.75, 3.05) is 11.4 Å². The Labute approximate surface area is 153 Å². The van der Waals surface area contributed by atoms with Crippen LogP contribution in [0.15, 0.2) is 48.7 Å². The summed E-state index contributed by atoms with van der Waals surface area (Å²) in [7, 11) is 0. The molecule has 2 heterocycles. The van der Waals surface area contributed by atoms with Gasteiger partial charge >= 0.3 is 0 Å². The highest BCUT2D eigenvalue weighted by Crippen LogP contribution is 2.36. The number of ether oxygens (including phenoxy) is 1. The van der Waals surface area contributed by atoms with Crippen LogP contribution in [0.1, 0.15) is 32.3 Å². The van der Waals surface area contributed by atoms with Crippen LogP contribution in [0.2, 0.25) is 0 Å². The van der Waals surface area contributed by atoms with Crippen LogP contribution in [-0.4, -0.2) is 28.9 Å². The number of hydrogen-bond donors (Lipinski definition) is 1. The molecule has 2 amide bonds. The number of unbranched alkanes of at least 4 members (excludes halogenated alkanes) is 1. The number of carbonyl (C=O) groups excluding carboxylic acids is 2. The van der Waals surface area contributed by atoms with Crippen LogP contribution in [0.3, 0.4) is 0 Å². The molecule has 1 aromatic carbocycles. The van der Waals surface area contributed by atoms with E-state index in [-0.39, 0.29) is 5.91 Å². The summed E-state index contributed by atoms with van der Waals surface area (Å²) < 4.78 is 5.83. The normalized spacial score (nSPS) is 18.8. The molecule has 0 saturated heterocycles. The third-order valence-electron chi connectivity index (χ3n) is 4.44. The minimum atomic E-state index is -1.61. The lowest BCUT2D eigenvalue weighted by molar-refractivity contribution is -0.148. The zero-order chi connectivity index (χ0) is 18.6. The first-order valence-corrected chi connectivity index (χ1v) is 8.84. The molecule has 2 aromatic rings. The summed E-state index contributed by atoms with van der Waals surface area (Å²) in [6, 6.07) is 13.0. The average molecular weight is 353 g/mol. The Kier molecular flexibility index (Phi) is 5.21. The smallest absolute Gasteiger partial charge is 0.282 e. The van der Waals surface area contributed by atoms with Gasteiger partial charge in [0.25, 0.3) is 17.4 Å². The number of pyridine rings is 1. The fourth-order valence-electron chi connectivity index (χ4n) is 2.90. The van der Waals surface area contributed by atoms with Gasteiger partial charge in [0.2, 0.25) is 0 Å². The van der Waals surface area contributed by atoms with E-state index >= 15 is 0 Å². The zero-order valence-corrected chi connectivity index (χ0v) is 15.1. The summed E-state index contributed by atoms with van der Waals surface area (Å²) in [5.41, 5.74) is -0.656. The number of anilines is 1. The van der Waals surface area contributed by atoms with E-state index in [1.54, 1.807) is 23.2 Å². The monoisotopic (exact) mass is 353 g/mol. The average Bonchev–Trinajstić information content (AvgIpc) is 2.67. The number of amides is 2. The quantitative estimate of drug-likeness (QED) is 0.811. The molecule has 0 aliphatic carbocycles. The Morgan fingerprint density at radius 1 is 1.23 bits per heavy atom. The van der Waals surface area contributed by atoms with E-state index in [9.17, 15) is 9.59 Å². The summed E-state index contributed by atoms with van der Waals surface area (Å²) in [4.78, 5) is 31.7. The van der Waals surface area contributed by atoms with Crippen LogP contribution < -0.4 is 15.0 Å². The summed E-state index contributed by atoms with van der Waals surface area (Å²) in [5.74, 6) is 0.0740. The predicted octanol–water partition coefficient (Wildman–Crippen LogP) is 2.68. The second kappa shape index (κ2) is 7.56. The van der Waals surface area contributed by atoms with Crippen molar-refractivity contribution in [2.24, 2.45) is 0 Å². The van der Waals surface area contributed by atoms with E-state index < -0.39 is 11.5 Å². The fraction of sp³-hybridized carbons (Fsp3) is 0.350. The molecule has 0 spiro atoms. The van der Waals surface area contributed by atoms with E-state index in [0.717, 1.165) is 18.4 Å². The predicted molar refractivity (Wildman–Crippen MR) is 98.8 cm³/mol. The van der Waals surface area contributed by atoms with Crippen molar-refractivity contribution in [1.82, 2.24) is 10.3 Å². The lowest BCUT2D eigenvalue weighted by Crippen LogP contribution is -2.62. The number of carbonyl (C=O) groups is 2. The second-order valence-corrected chi connectivity index (χ2v) is 6.44. The first-order valence-electron chi connectivity index (χ1n) is 8.84. The van der Waals surface area contributed by atoms with Crippen LogP contribution in [0.5, 0.6) is 5.75 Å². The molecule has 1 atom stereocenters. The highest BCUT2D eigenvalue weighted by atomic mass is 16.5. The molecular formula is C20H23N3O3. The topological polar surface area (TPSA) is 71.5 Å². The van der Waals surface area contributed by atoms with Crippen molar-refractivity contribution >= 4 is 17.6 Å². The van der Waals surface area contributed by atoms with Gasteiger partial charge in [-0.25, -0.2) is 4.98 Å². The molecule has 0 fully saturated rings. The van der Waals surface area contributed by atoms with Crippen LogP contribution in [0.4, 0.5) is 5.82 Å². The van der Waals surface area contributed by atoms with Crippen LogP contribution in [-0.2, 0) is 16.1 Å². The molecule has 1 aromatic heterocycles. The highest BCUT2D eigenvalue weighted by Gasteiger charge is 2.50. The molecule has 0 bridgehead atoms. The van der Waals surface area contributed by atoms with Crippen molar-refractivity contribution in [3.05, 3.63) is 54.2 Å². The fourth-order valence-corrected chi connectivity index (χ4v) is 2.90. The van der Waals surface area contributed by atoms with Gasteiger partial charge in [-0.15, -0.1) is 0 Å². The van der Waals surface area contributed by atoms with Gasteiger partial charge in [-0.05, 0) is 31.0 Å². The second-order valence-electron chi connectivity index (χ2n) is 6.44. The minimum absolute atomic E-state index is 0.334. The molecule has 1 aliphatic rings. The van der Waals surface area contributed by atoms with Gasteiger partial charge in [0.05, 0.1) is 0 Å². The van der Waals surface area contributed by atoms with Crippen molar-refractivity contribution in [3.8, 4) is 5.75 Å². The first kappa shape index (κ1) is 17.9. The number of benzene rings is 1. The molecule has 0 radical (unpaired) electrons. The summed E-state index contributed by atoms with van der Waals surface area (Å²) in [6.45, 7) is 4.41. The molecule has 0 unspecified atom stereocenters. The summed E-state index contributed by atoms with van der Waals surface area (Å²) in [5, 5.41) is 2.82. The molecule has 136 valence electrons. The van der Waals surface area contributed by atoms with Crippen molar-refractivity contribution < 1.29 is 14.3 Å². The maximum absolute atomic E-state index is 13.1. The molecule has 26 heavy (non-hydrogen) atoms. The van der Waals surface area contributed by atoms with E-state index in [0.29, 0.717) is 24.7 Å². The molecular weight excluding hydrogens is 330 g/mol. The Balaban J connectivity index is 1.83. The molecule has 1 aliphatic heterocycles.